The number of aliphatic hydroxyl groups is 3. The summed E-state index contributed by atoms with van der Waals surface area (Å²) in [4.78, 5) is 0. The second-order valence-electron chi connectivity index (χ2n) is 6.77. The zero-order valence-corrected chi connectivity index (χ0v) is 16.1. The van der Waals surface area contributed by atoms with Crippen molar-refractivity contribution >= 4 is 15.9 Å². The second kappa shape index (κ2) is 6.60. The van der Waals surface area contributed by atoms with Crippen LogP contribution in [0.4, 0.5) is 0 Å². The lowest BCUT2D eigenvalue weighted by atomic mass is 9.81. The third-order valence-corrected chi connectivity index (χ3v) is 5.77. The van der Waals surface area contributed by atoms with Crippen molar-refractivity contribution in [1.82, 2.24) is 0 Å². The van der Waals surface area contributed by atoms with Gasteiger partial charge in [-0.3, -0.25) is 0 Å². The second-order valence-corrected chi connectivity index (χ2v) is 7.56. The average molecular weight is 373 g/mol. The first-order chi connectivity index (χ1) is 9.93. The molecule has 0 spiro atoms. The van der Waals surface area contributed by atoms with Gasteiger partial charge in [0.25, 0.3) is 0 Å². The maximum Gasteiger partial charge on any atom is 0.0877 e. The van der Waals surface area contributed by atoms with Crippen molar-refractivity contribution in [1.29, 1.82) is 0 Å². The van der Waals surface area contributed by atoms with Gasteiger partial charge in [0.1, 0.15) is 0 Å². The van der Waals surface area contributed by atoms with E-state index < -0.39 is 16.8 Å². The SMILES string of the molecule is CCC(C)(O)c1cc(C(C)(O)CC)c(Br)c(C(C)(O)CC)c1. The minimum absolute atomic E-state index is 0.539. The third-order valence-electron chi connectivity index (χ3n) is 4.92. The van der Waals surface area contributed by atoms with E-state index in [2.05, 4.69) is 15.9 Å². The largest absolute Gasteiger partial charge is 0.385 e. The van der Waals surface area contributed by atoms with Gasteiger partial charge >= 0.3 is 0 Å². The van der Waals surface area contributed by atoms with Crippen LogP contribution >= 0.6 is 15.9 Å². The first-order valence-corrected chi connectivity index (χ1v) is 8.74. The molecule has 0 radical (unpaired) electrons. The standard InChI is InChI=1S/C18H29BrO3/c1-7-16(4,20)12-10-13(17(5,21)8-2)15(19)14(11-12)18(6,22)9-3/h10-11,20-22H,7-9H2,1-6H3. The van der Waals surface area contributed by atoms with Crippen molar-refractivity contribution in [2.75, 3.05) is 0 Å². The van der Waals surface area contributed by atoms with E-state index in [9.17, 15) is 15.3 Å². The van der Waals surface area contributed by atoms with Crippen LogP contribution in [0.25, 0.3) is 0 Å². The Hall–Kier alpha value is -0.420. The van der Waals surface area contributed by atoms with Crippen LogP contribution in [0.1, 0.15) is 77.5 Å². The predicted molar refractivity (Wildman–Crippen MR) is 93.7 cm³/mol. The van der Waals surface area contributed by atoms with Gasteiger partial charge in [-0.05, 0) is 68.9 Å². The van der Waals surface area contributed by atoms with Gasteiger partial charge in [0.05, 0.1) is 16.8 Å². The molecular formula is C18H29BrO3. The molecule has 1 aromatic rings. The quantitative estimate of drug-likeness (QED) is 0.697. The molecule has 0 saturated heterocycles. The van der Waals surface area contributed by atoms with Gasteiger partial charge in [-0.1, -0.05) is 36.7 Å². The minimum atomic E-state index is -1.03. The zero-order chi connectivity index (χ0) is 17.3. The molecule has 0 aromatic heterocycles. The molecule has 0 aliphatic heterocycles. The molecule has 3 nitrogen and oxygen atoms in total. The fourth-order valence-corrected chi connectivity index (χ4v) is 3.39. The van der Waals surface area contributed by atoms with Crippen LogP contribution in [0.5, 0.6) is 0 Å². The first-order valence-electron chi connectivity index (χ1n) is 7.95. The van der Waals surface area contributed by atoms with Gasteiger partial charge in [-0.25, -0.2) is 0 Å². The summed E-state index contributed by atoms with van der Waals surface area (Å²) in [6.45, 7) is 11.0. The van der Waals surface area contributed by atoms with Gasteiger partial charge in [-0.15, -0.1) is 0 Å². The van der Waals surface area contributed by atoms with E-state index in [0.29, 0.717) is 40.4 Å². The van der Waals surface area contributed by atoms with E-state index >= 15 is 0 Å². The number of halogens is 1. The smallest absolute Gasteiger partial charge is 0.0877 e. The Kier molecular flexibility index (Phi) is 5.89. The van der Waals surface area contributed by atoms with Crippen molar-refractivity contribution in [3.8, 4) is 0 Å². The molecule has 0 amide bonds. The number of benzene rings is 1. The van der Waals surface area contributed by atoms with E-state index in [0.717, 1.165) is 0 Å². The zero-order valence-electron chi connectivity index (χ0n) is 14.5. The lowest BCUT2D eigenvalue weighted by molar-refractivity contribution is 0.0385. The number of hydrogen-bond acceptors (Lipinski definition) is 3. The molecular weight excluding hydrogens is 344 g/mol. The Morgan fingerprint density at radius 2 is 1.09 bits per heavy atom. The van der Waals surface area contributed by atoms with Gasteiger partial charge in [0.2, 0.25) is 0 Å². The Morgan fingerprint density at radius 1 is 0.773 bits per heavy atom. The number of hydrogen-bond donors (Lipinski definition) is 3. The third kappa shape index (κ3) is 3.73. The maximum absolute atomic E-state index is 10.7. The van der Waals surface area contributed by atoms with Crippen molar-refractivity contribution in [3.05, 3.63) is 33.3 Å². The number of rotatable bonds is 6. The van der Waals surface area contributed by atoms with E-state index in [-0.39, 0.29) is 0 Å². The van der Waals surface area contributed by atoms with Crippen LogP contribution in [-0.4, -0.2) is 15.3 Å². The van der Waals surface area contributed by atoms with Crippen LogP contribution in [0.15, 0.2) is 16.6 Å². The van der Waals surface area contributed by atoms with Crippen molar-refractivity contribution in [3.63, 3.8) is 0 Å². The van der Waals surface area contributed by atoms with Crippen LogP contribution in [0.2, 0.25) is 0 Å². The summed E-state index contributed by atoms with van der Waals surface area (Å²) >= 11 is 3.56. The summed E-state index contributed by atoms with van der Waals surface area (Å²) in [5.74, 6) is 0. The van der Waals surface area contributed by atoms with Crippen molar-refractivity contribution in [2.24, 2.45) is 0 Å². The molecule has 126 valence electrons. The van der Waals surface area contributed by atoms with E-state index in [1.807, 2.05) is 32.9 Å². The first kappa shape index (κ1) is 19.6. The molecule has 1 aromatic carbocycles. The molecule has 0 bridgehead atoms. The molecule has 3 N–H and O–H groups in total. The average Bonchev–Trinajstić information content (AvgIpc) is 2.46. The molecule has 3 atom stereocenters. The van der Waals surface area contributed by atoms with Crippen LogP contribution in [0, 0.1) is 0 Å². The van der Waals surface area contributed by atoms with Gasteiger partial charge < -0.3 is 15.3 Å². The maximum atomic E-state index is 10.7. The summed E-state index contributed by atoms with van der Waals surface area (Å²) < 4.78 is 0.710. The summed E-state index contributed by atoms with van der Waals surface area (Å²) in [6.07, 6.45) is 1.63. The van der Waals surface area contributed by atoms with E-state index in [1.54, 1.807) is 20.8 Å². The van der Waals surface area contributed by atoms with Crippen LogP contribution in [0.3, 0.4) is 0 Å². The highest BCUT2D eigenvalue weighted by Crippen LogP contribution is 2.41. The normalized spacial score (nSPS) is 20.1. The Bertz CT molecular complexity index is 496. The highest BCUT2D eigenvalue weighted by atomic mass is 79.9. The van der Waals surface area contributed by atoms with Gasteiger partial charge in [-0.2, -0.15) is 0 Å². The monoisotopic (exact) mass is 372 g/mol. The molecule has 1 rings (SSSR count). The molecule has 0 fully saturated rings. The molecule has 4 heteroatoms. The summed E-state index contributed by atoms with van der Waals surface area (Å²) in [5, 5.41) is 32.0. The van der Waals surface area contributed by atoms with Crippen molar-refractivity contribution in [2.45, 2.75) is 77.6 Å². The van der Waals surface area contributed by atoms with E-state index in [1.165, 1.54) is 0 Å². The van der Waals surface area contributed by atoms with Crippen LogP contribution in [-0.2, 0) is 16.8 Å². The topological polar surface area (TPSA) is 60.7 Å². The highest BCUT2D eigenvalue weighted by Gasteiger charge is 2.33. The molecule has 22 heavy (non-hydrogen) atoms. The molecule has 0 saturated carbocycles. The molecule has 0 heterocycles. The molecule has 0 aliphatic carbocycles. The fraction of sp³-hybridized carbons (Fsp3) is 0.667. The molecule has 0 aliphatic rings. The Morgan fingerprint density at radius 3 is 1.36 bits per heavy atom. The minimum Gasteiger partial charge on any atom is -0.385 e. The summed E-state index contributed by atoms with van der Waals surface area (Å²) in [5.41, 5.74) is -0.952. The lowest BCUT2D eigenvalue weighted by Crippen LogP contribution is -2.28. The molecule has 3 unspecified atom stereocenters. The summed E-state index contributed by atoms with van der Waals surface area (Å²) in [7, 11) is 0. The van der Waals surface area contributed by atoms with E-state index in [4.69, 9.17) is 0 Å². The summed E-state index contributed by atoms with van der Waals surface area (Å²) in [6, 6.07) is 3.68. The van der Waals surface area contributed by atoms with Gasteiger partial charge in [0.15, 0.2) is 0 Å². The highest BCUT2D eigenvalue weighted by molar-refractivity contribution is 9.10. The van der Waals surface area contributed by atoms with Crippen molar-refractivity contribution < 1.29 is 15.3 Å². The lowest BCUT2D eigenvalue weighted by Gasteiger charge is -2.33. The predicted octanol–water partition coefficient (Wildman–Crippen LogP) is 4.30. The fourth-order valence-electron chi connectivity index (χ4n) is 2.30. The van der Waals surface area contributed by atoms with Gasteiger partial charge in [0, 0.05) is 4.47 Å². The Balaban J connectivity index is 3.73. The van der Waals surface area contributed by atoms with Crippen LogP contribution < -0.4 is 0 Å². The Labute approximate surface area is 142 Å².